The van der Waals surface area contributed by atoms with Crippen LogP contribution in [0.3, 0.4) is 0 Å². The first-order valence-electron chi connectivity index (χ1n) is 23.3. The number of aliphatic imine (C=N–C) groups is 1. The number of anilines is 1. The lowest BCUT2D eigenvalue weighted by atomic mass is 9.90. The largest absolute Gasteiger partial charge is 0.508 e. The van der Waals surface area contributed by atoms with E-state index in [0.717, 1.165) is 0 Å². The lowest BCUT2D eigenvalue weighted by Gasteiger charge is -2.19. The summed E-state index contributed by atoms with van der Waals surface area (Å²) in [6.45, 7) is -0.741. The molecule has 2 aliphatic heterocycles. The van der Waals surface area contributed by atoms with Gasteiger partial charge < -0.3 is 66.1 Å². The fourth-order valence-corrected chi connectivity index (χ4v) is 8.57. The molecule has 0 radical (unpaired) electrons. The first kappa shape index (κ1) is 59.3. The molecule has 0 aromatic heterocycles. The number of aliphatic carboxylic acids is 4. The van der Waals surface area contributed by atoms with Crippen LogP contribution in [0, 0.1) is 0 Å². The van der Waals surface area contributed by atoms with Gasteiger partial charge in [-0.15, -0.1) is 0 Å². The van der Waals surface area contributed by atoms with E-state index in [9.17, 15) is 58.8 Å². The maximum atomic E-state index is 12.3. The molecule has 0 unspecified atom stereocenters. The molecule has 2 heterocycles. The molecule has 412 valence electrons. The van der Waals surface area contributed by atoms with Crippen LogP contribution in [-0.4, -0.2) is 149 Å². The van der Waals surface area contributed by atoms with Gasteiger partial charge in [0.15, 0.2) is 16.0 Å². The number of nitrogens with zero attached hydrogens (tertiary/aromatic N) is 3. The lowest BCUT2D eigenvalue weighted by molar-refractivity contribution is -0.143. The van der Waals surface area contributed by atoms with Crippen LogP contribution in [0.2, 0.25) is 0 Å². The summed E-state index contributed by atoms with van der Waals surface area (Å²) < 4.78 is 11.6. The molecule has 26 heteroatoms. The Balaban J connectivity index is 0.000000223. The first-order chi connectivity index (χ1) is 38.0. The van der Waals surface area contributed by atoms with Crippen LogP contribution >= 0.6 is 24.4 Å². The third-order valence-corrected chi connectivity index (χ3v) is 11.7. The van der Waals surface area contributed by atoms with E-state index in [-0.39, 0.29) is 95.0 Å². The average molecular weight is 1130 g/mol. The molecule has 80 heavy (non-hydrogen) atoms. The van der Waals surface area contributed by atoms with Crippen molar-refractivity contribution in [3.05, 3.63) is 141 Å². The van der Waals surface area contributed by atoms with E-state index in [4.69, 9.17) is 47.2 Å². The number of benzene rings is 6. The van der Waals surface area contributed by atoms with Crippen molar-refractivity contribution in [2.45, 2.75) is 0 Å². The molecule has 4 aromatic carbocycles. The van der Waals surface area contributed by atoms with Crippen molar-refractivity contribution >= 4 is 104 Å². The Labute approximate surface area is 461 Å². The van der Waals surface area contributed by atoms with E-state index >= 15 is 0 Å². The predicted octanol–water partition coefficient (Wildman–Crippen LogP) is 5.85. The van der Waals surface area contributed by atoms with Gasteiger partial charge in [-0.2, -0.15) is 4.99 Å². The molecule has 24 nitrogen and oxygen atoms in total. The van der Waals surface area contributed by atoms with Crippen molar-refractivity contribution in [2.24, 2.45) is 10.7 Å². The van der Waals surface area contributed by atoms with Crippen molar-refractivity contribution in [1.82, 2.24) is 15.1 Å². The van der Waals surface area contributed by atoms with Gasteiger partial charge in [0.1, 0.15) is 34.2 Å². The number of aromatic carboxylic acids is 2. The van der Waals surface area contributed by atoms with Gasteiger partial charge in [-0.3, -0.25) is 38.6 Å². The number of phenolic OH excluding ortho intramolecular Hbond substituents is 2. The summed E-state index contributed by atoms with van der Waals surface area (Å²) in [6.07, 6.45) is 0. The summed E-state index contributed by atoms with van der Waals surface area (Å²) in [6, 6.07) is 26.7. The summed E-state index contributed by atoms with van der Waals surface area (Å²) >= 11 is 9.85. The molecule has 0 bridgehead atoms. The molecule has 0 fully saturated rings. The molecule has 2 aliphatic carbocycles. The predicted molar refractivity (Wildman–Crippen MR) is 298 cm³/mol. The van der Waals surface area contributed by atoms with E-state index in [2.05, 4.69) is 33.0 Å². The number of phenols is 2. The van der Waals surface area contributed by atoms with Gasteiger partial charge in [-0.1, -0.05) is 12.1 Å². The third kappa shape index (κ3) is 15.6. The number of carboxylic acids is 6. The number of hydrogen-bond acceptors (Lipinski definition) is 18. The summed E-state index contributed by atoms with van der Waals surface area (Å²) in [5.74, 6) is -6.36. The number of aromatic hydroxyl groups is 2. The molecule has 4 aromatic rings. The zero-order valence-corrected chi connectivity index (χ0v) is 43.1. The second kappa shape index (κ2) is 26.9. The Bertz CT molecular complexity index is 3790. The monoisotopic (exact) mass is 1130 g/mol. The van der Waals surface area contributed by atoms with E-state index in [0.29, 0.717) is 61.1 Å². The second-order valence-corrected chi connectivity index (χ2v) is 17.7. The highest BCUT2D eigenvalue weighted by atomic mass is 32.1. The number of thiocarbonyl (C=S) groups is 2. The van der Waals surface area contributed by atoms with Crippen LogP contribution in [0.25, 0.3) is 66.8 Å². The summed E-state index contributed by atoms with van der Waals surface area (Å²) in [7, 11) is 0. The Morgan fingerprint density at radius 3 is 1.44 bits per heavy atom. The Kier molecular flexibility index (Phi) is 19.9. The number of hydrogen-bond donors (Lipinski definition) is 11. The Hall–Kier alpha value is -9.95. The van der Waals surface area contributed by atoms with Crippen molar-refractivity contribution in [2.75, 3.05) is 57.7 Å². The van der Waals surface area contributed by atoms with Crippen LogP contribution in [0.4, 0.5) is 11.4 Å². The van der Waals surface area contributed by atoms with Gasteiger partial charge in [0.25, 0.3) is 0 Å². The minimum Gasteiger partial charge on any atom is -0.508 e. The fourth-order valence-electron chi connectivity index (χ4n) is 8.24. The maximum absolute atomic E-state index is 12.3. The van der Waals surface area contributed by atoms with Crippen LogP contribution in [0.5, 0.6) is 11.5 Å². The summed E-state index contributed by atoms with van der Waals surface area (Å²) in [5.41, 5.74) is 8.76. The first-order valence-corrected chi connectivity index (χ1v) is 24.2. The number of fused-ring (bicyclic) bond motifs is 4. The van der Waals surface area contributed by atoms with Crippen molar-refractivity contribution < 1.29 is 78.5 Å². The molecule has 0 spiro atoms. The molecule has 0 atom stereocenters. The standard InChI is InChI=1S/C27H23N3O9S.C21H11NO5S.C6H12N2O4/c31-15-2-5-18-21(10-15)39-22-11-16(32)3-6-19(22)25(18)17-4-1-14(9-20(17)26(37)38)29-27(40)28-7-8-30(12-23(33)34)13-24(35)36;23-12-2-5-15-18(8-12)27-19-9-13(24)3-6-16(19)20(15)14-4-1-11(22-10-28)7-17(14)21(25)26;7-1-2-8(3-5(9)10)4-6(11)12/h1-6,9-11,31H,7-8,12-13H2,(H,33,34)(H,35,36)(H,37,38)(H2,28,29,40);1-9,23H,(H,25,26);1-4,7H2,(H,9,10)(H,11,12). The smallest absolute Gasteiger partial charge is 0.336 e. The van der Waals surface area contributed by atoms with E-state index in [1.54, 1.807) is 48.5 Å². The van der Waals surface area contributed by atoms with Crippen LogP contribution < -0.4 is 27.2 Å². The second-order valence-electron chi connectivity index (χ2n) is 17.1. The molecular weight excluding hydrogens is 1080 g/mol. The quantitative estimate of drug-likeness (QED) is 0.0257. The number of carboxylic acid groups (broad SMARTS) is 6. The van der Waals surface area contributed by atoms with Crippen molar-refractivity contribution in [1.29, 1.82) is 0 Å². The Morgan fingerprint density at radius 2 is 1.00 bits per heavy atom. The summed E-state index contributed by atoms with van der Waals surface area (Å²) in [5, 5.41) is 83.3. The van der Waals surface area contributed by atoms with E-state index < -0.39 is 48.9 Å². The molecule has 0 saturated carbocycles. The highest BCUT2D eigenvalue weighted by Gasteiger charge is 2.25. The van der Waals surface area contributed by atoms with Crippen LogP contribution in [0.1, 0.15) is 20.7 Å². The third-order valence-electron chi connectivity index (χ3n) is 11.4. The molecular formula is C54H46N6O18S2. The molecule has 8 rings (SSSR count). The summed E-state index contributed by atoms with van der Waals surface area (Å²) in [4.78, 5) is 96.6. The van der Waals surface area contributed by atoms with Gasteiger partial charge in [-0.25, -0.2) is 9.59 Å². The van der Waals surface area contributed by atoms with Gasteiger partial charge >= 0.3 is 35.8 Å². The zero-order valence-electron chi connectivity index (χ0n) is 41.4. The Morgan fingerprint density at radius 1 is 0.562 bits per heavy atom. The van der Waals surface area contributed by atoms with Gasteiger partial charge in [-0.05, 0) is 108 Å². The number of isothiocyanates is 1. The SMILES string of the molecule is NCCN(CC(=O)O)CC(=O)O.O=C(O)CN(CCNC(=S)Nc1ccc(-c2c3ccc(=O)cc-3oc3cc(O)ccc23)c(C(=O)O)c1)CC(=O)O.O=C(O)c1cc(N=C=S)ccc1-c1c2ccc(=O)cc-2oc2cc(O)ccc12. The fraction of sp³-hybridized carbons (Fsp3) is 0.148. The van der Waals surface area contributed by atoms with E-state index in [1.165, 1.54) is 70.5 Å². The molecule has 0 saturated heterocycles. The van der Waals surface area contributed by atoms with Gasteiger partial charge in [0.05, 0.1) is 48.2 Å². The van der Waals surface area contributed by atoms with Crippen LogP contribution in [-0.2, 0) is 19.2 Å². The zero-order chi connectivity index (χ0) is 58.4. The topological polar surface area (TPSA) is 394 Å². The van der Waals surface area contributed by atoms with Gasteiger partial charge in [0.2, 0.25) is 0 Å². The highest BCUT2D eigenvalue weighted by molar-refractivity contribution is 7.80. The number of rotatable bonds is 19. The lowest BCUT2D eigenvalue weighted by Crippen LogP contribution is -2.41. The van der Waals surface area contributed by atoms with Gasteiger partial charge in [0, 0.05) is 89.2 Å². The normalized spacial score (nSPS) is 10.8. The van der Waals surface area contributed by atoms with E-state index in [1.807, 2.05) is 0 Å². The maximum Gasteiger partial charge on any atom is 0.336 e. The molecule has 0 amide bonds. The van der Waals surface area contributed by atoms with Crippen molar-refractivity contribution in [3.63, 3.8) is 0 Å². The molecule has 4 aliphatic rings. The average Bonchev–Trinajstić information content (AvgIpc) is 3.58. The van der Waals surface area contributed by atoms with Crippen molar-refractivity contribution in [3.8, 4) is 56.4 Å². The van der Waals surface area contributed by atoms with Crippen LogP contribution in [0.15, 0.2) is 133 Å². The number of nitrogens with two attached hydrogens (primary N) is 1. The minimum absolute atomic E-state index is 0.0102. The number of nitrogens with one attached hydrogen (secondary N) is 2. The molecule has 12 N–H and O–H groups in total. The highest BCUT2D eigenvalue weighted by Crippen LogP contribution is 2.44. The number of carbonyl (C=O) groups is 6. The minimum atomic E-state index is -1.23.